The van der Waals surface area contributed by atoms with Gasteiger partial charge in [0.15, 0.2) is 0 Å². The number of rotatable bonds is 4. The molecular formula is C11H18N2O2. The Hall–Kier alpha value is -1.06. The van der Waals surface area contributed by atoms with E-state index in [1.54, 1.807) is 0 Å². The molecule has 2 saturated carbocycles. The van der Waals surface area contributed by atoms with E-state index in [0.717, 1.165) is 24.7 Å². The van der Waals surface area contributed by atoms with Crippen molar-refractivity contribution in [1.29, 1.82) is 0 Å². The van der Waals surface area contributed by atoms with Gasteiger partial charge < -0.3 is 11.1 Å². The molecule has 3 atom stereocenters. The number of nitrogens with two attached hydrogens (primary N) is 1. The highest BCUT2D eigenvalue weighted by atomic mass is 16.2. The molecule has 0 aromatic rings. The maximum Gasteiger partial charge on any atom is 0.223 e. The van der Waals surface area contributed by atoms with E-state index in [9.17, 15) is 9.59 Å². The number of carbonyl (C=O) groups excluding carboxylic acids is 2. The average molecular weight is 210 g/mol. The van der Waals surface area contributed by atoms with Gasteiger partial charge in [-0.05, 0) is 38.0 Å². The molecule has 4 heteroatoms. The van der Waals surface area contributed by atoms with Crippen LogP contribution in [0.15, 0.2) is 0 Å². The second-order valence-electron chi connectivity index (χ2n) is 5.00. The van der Waals surface area contributed by atoms with Crippen LogP contribution in [-0.4, -0.2) is 17.9 Å². The Morgan fingerprint density at radius 3 is 2.47 bits per heavy atom. The lowest BCUT2D eigenvalue weighted by molar-refractivity contribution is -0.126. The first-order chi connectivity index (χ1) is 7.06. The van der Waals surface area contributed by atoms with E-state index in [2.05, 4.69) is 5.32 Å². The topological polar surface area (TPSA) is 72.2 Å². The highest BCUT2D eigenvalue weighted by molar-refractivity contribution is 5.81. The molecule has 0 bridgehead atoms. The smallest absolute Gasteiger partial charge is 0.223 e. The summed E-state index contributed by atoms with van der Waals surface area (Å²) in [4.78, 5) is 22.4. The lowest BCUT2D eigenvalue weighted by Gasteiger charge is -2.16. The molecule has 0 aliphatic heterocycles. The maximum absolute atomic E-state index is 11.7. The molecule has 0 heterocycles. The van der Waals surface area contributed by atoms with Gasteiger partial charge in [0.05, 0.1) is 0 Å². The summed E-state index contributed by atoms with van der Waals surface area (Å²) in [6.45, 7) is 1.82. The van der Waals surface area contributed by atoms with E-state index >= 15 is 0 Å². The van der Waals surface area contributed by atoms with E-state index in [-0.39, 0.29) is 30.2 Å². The number of carbonyl (C=O) groups is 2. The van der Waals surface area contributed by atoms with Gasteiger partial charge in [-0.1, -0.05) is 0 Å². The molecule has 2 aliphatic rings. The van der Waals surface area contributed by atoms with Gasteiger partial charge >= 0.3 is 0 Å². The van der Waals surface area contributed by atoms with Crippen LogP contribution in [0.2, 0.25) is 0 Å². The molecule has 0 aromatic carbocycles. The zero-order chi connectivity index (χ0) is 11.0. The fraction of sp³-hybridized carbons (Fsp3) is 0.818. The first kappa shape index (κ1) is 10.5. The van der Waals surface area contributed by atoms with Crippen LogP contribution in [0.5, 0.6) is 0 Å². The van der Waals surface area contributed by atoms with Crippen LogP contribution in [-0.2, 0) is 9.59 Å². The molecule has 2 amide bonds. The van der Waals surface area contributed by atoms with Crippen molar-refractivity contribution in [3.63, 3.8) is 0 Å². The second-order valence-corrected chi connectivity index (χ2v) is 5.00. The molecule has 84 valence electrons. The Morgan fingerprint density at radius 1 is 1.33 bits per heavy atom. The highest BCUT2D eigenvalue weighted by Crippen LogP contribution is 2.54. The summed E-state index contributed by atoms with van der Waals surface area (Å²) >= 11 is 0. The summed E-state index contributed by atoms with van der Waals surface area (Å²) in [6, 6.07) is -0.132. The van der Waals surface area contributed by atoms with Crippen LogP contribution in [0, 0.1) is 17.8 Å². The van der Waals surface area contributed by atoms with E-state index in [4.69, 9.17) is 5.73 Å². The number of primary amides is 1. The largest absolute Gasteiger partial charge is 0.370 e. The van der Waals surface area contributed by atoms with Crippen molar-refractivity contribution >= 4 is 11.8 Å². The van der Waals surface area contributed by atoms with Crippen LogP contribution in [0.4, 0.5) is 0 Å². The van der Waals surface area contributed by atoms with Gasteiger partial charge in [0.25, 0.3) is 0 Å². The third-order valence-corrected chi connectivity index (χ3v) is 3.51. The molecule has 0 aromatic heterocycles. The summed E-state index contributed by atoms with van der Waals surface area (Å²) in [5.74, 6) is 1.55. The van der Waals surface area contributed by atoms with Crippen molar-refractivity contribution in [3.8, 4) is 0 Å². The fourth-order valence-corrected chi connectivity index (χ4v) is 2.64. The number of amides is 2. The Bertz CT molecular complexity index is 280. The first-order valence-corrected chi connectivity index (χ1v) is 5.65. The molecule has 3 N–H and O–H groups in total. The monoisotopic (exact) mass is 210 g/mol. The minimum atomic E-state index is -0.364. The average Bonchev–Trinajstić information content (AvgIpc) is 2.71. The first-order valence-electron chi connectivity index (χ1n) is 5.65. The number of fused-ring (bicyclic) bond motifs is 1. The Labute approximate surface area is 89.6 Å². The van der Waals surface area contributed by atoms with E-state index < -0.39 is 0 Å². The molecule has 2 rings (SSSR count). The second kappa shape index (κ2) is 3.83. The van der Waals surface area contributed by atoms with Crippen molar-refractivity contribution in [2.75, 3.05) is 0 Å². The lowest BCUT2D eigenvalue weighted by atomic mass is 10.0. The van der Waals surface area contributed by atoms with Gasteiger partial charge in [-0.3, -0.25) is 9.59 Å². The molecule has 0 radical (unpaired) electrons. The zero-order valence-corrected chi connectivity index (χ0v) is 9.03. The Kier molecular flexibility index (Phi) is 2.67. The minimum absolute atomic E-state index is 0.107. The third-order valence-electron chi connectivity index (χ3n) is 3.51. The summed E-state index contributed by atoms with van der Waals surface area (Å²) in [6.07, 6.45) is 3.63. The molecule has 15 heavy (non-hydrogen) atoms. The van der Waals surface area contributed by atoms with Crippen LogP contribution < -0.4 is 11.1 Å². The summed E-state index contributed by atoms with van der Waals surface area (Å²) in [7, 11) is 0. The summed E-state index contributed by atoms with van der Waals surface area (Å²) < 4.78 is 0. The molecule has 3 unspecified atom stereocenters. The predicted molar refractivity (Wildman–Crippen MR) is 55.7 cm³/mol. The molecule has 0 saturated heterocycles. The van der Waals surface area contributed by atoms with Gasteiger partial charge in [-0.2, -0.15) is 0 Å². The quantitative estimate of drug-likeness (QED) is 0.705. The van der Waals surface area contributed by atoms with Crippen LogP contribution in [0.3, 0.4) is 0 Å². The van der Waals surface area contributed by atoms with Gasteiger partial charge in [0, 0.05) is 18.4 Å². The highest BCUT2D eigenvalue weighted by Gasteiger charge is 2.48. The van der Waals surface area contributed by atoms with Crippen molar-refractivity contribution < 1.29 is 9.59 Å². The van der Waals surface area contributed by atoms with Crippen molar-refractivity contribution in [1.82, 2.24) is 5.32 Å². The van der Waals surface area contributed by atoms with E-state index in [1.165, 1.54) is 6.42 Å². The third kappa shape index (κ3) is 2.49. The summed E-state index contributed by atoms with van der Waals surface area (Å²) in [5.41, 5.74) is 5.06. The van der Waals surface area contributed by atoms with Gasteiger partial charge in [-0.25, -0.2) is 0 Å². The normalized spacial score (nSPS) is 34.3. The van der Waals surface area contributed by atoms with Crippen LogP contribution in [0.25, 0.3) is 0 Å². The number of nitrogens with one attached hydrogen (secondary N) is 1. The standard InChI is InChI=1S/C11H18N2O2/c1-6(2-10(12)14)13-11(15)9-4-7-3-8(7)5-9/h6-9H,2-5H2,1H3,(H2,12,14)(H,13,15). The zero-order valence-electron chi connectivity index (χ0n) is 9.03. The fourth-order valence-electron chi connectivity index (χ4n) is 2.64. The Balaban J connectivity index is 1.74. The van der Waals surface area contributed by atoms with Gasteiger partial charge in [0.1, 0.15) is 0 Å². The van der Waals surface area contributed by atoms with Crippen molar-refractivity contribution in [2.45, 2.75) is 38.6 Å². The SMILES string of the molecule is CC(CC(N)=O)NC(=O)C1CC2CC2C1. The number of hydrogen-bond acceptors (Lipinski definition) is 2. The van der Waals surface area contributed by atoms with Crippen molar-refractivity contribution in [2.24, 2.45) is 23.5 Å². The molecule has 2 aliphatic carbocycles. The maximum atomic E-state index is 11.7. The van der Waals surface area contributed by atoms with Crippen LogP contribution in [0.1, 0.15) is 32.6 Å². The molecule has 4 nitrogen and oxygen atoms in total. The molecule has 2 fully saturated rings. The minimum Gasteiger partial charge on any atom is -0.370 e. The molecule has 0 spiro atoms. The summed E-state index contributed by atoms with van der Waals surface area (Å²) in [5, 5.41) is 2.85. The van der Waals surface area contributed by atoms with E-state index in [1.807, 2.05) is 6.92 Å². The van der Waals surface area contributed by atoms with Gasteiger partial charge in [-0.15, -0.1) is 0 Å². The van der Waals surface area contributed by atoms with E-state index in [0.29, 0.717) is 0 Å². The van der Waals surface area contributed by atoms with Crippen LogP contribution >= 0.6 is 0 Å². The predicted octanol–water partition coefficient (Wildman–Crippen LogP) is 0.413. The Morgan fingerprint density at radius 2 is 1.93 bits per heavy atom. The van der Waals surface area contributed by atoms with Gasteiger partial charge in [0.2, 0.25) is 11.8 Å². The number of hydrogen-bond donors (Lipinski definition) is 2. The lowest BCUT2D eigenvalue weighted by Crippen LogP contribution is -2.39. The van der Waals surface area contributed by atoms with Crippen molar-refractivity contribution in [3.05, 3.63) is 0 Å². The molecular weight excluding hydrogens is 192 g/mol.